The van der Waals surface area contributed by atoms with Gasteiger partial charge in [0.15, 0.2) is 0 Å². The van der Waals surface area contributed by atoms with Gasteiger partial charge in [0, 0.05) is 10.2 Å². The Morgan fingerprint density at radius 2 is 1.52 bits per heavy atom. The first-order valence-electron chi connectivity index (χ1n) is 10.5. The maximum absolute atomic E-state index is 11.3. The van der Waals surface area contributed by atoms with Gasteiger partial charge in [-0.15, -0.1) is 0 Å². The van der Waals surface area contributed by atoms with E-state index < -0.39 is 5.92 Å². The number of carbonyl (C=O) groups excluding carboxylic acids is 1. The first kappa shape index (κ1) is 26.7. The predicted molar refractivity (Wildman–Crippen MR) is 132 cm³/mol. The number of hydrogen-bond donors (Lipinski definition) is 2. The Bertz CT molecular complexity index is 895. The Kier molecular flexibility index (Phi) is 9.32. The second kappa shape index (κ2) is 10.8. The third-order valence-electron chi connectivity index (χ3n) is 4.89. The molecule has 0 heterocycles. The Morgan fingerprint density at radius 3 is 1.87 bits per heavy atom. The minimum absolute atomic E-state index is 0.0186. The lowest BCUT2D eigenvalue weighted by atomic mass is 9.78. The standard InChI is InChI=1S/C16H26O.C10H9BrN2O/c1-8-11-9-12(15(2,3)4)14(17)13(10-11)16(5,6)7;1-7(6-12)10(14)13-9-4-2-8(11)3-5-9/h9-10,17H,8H2,1-7H3;2-5,7H,1H3,(H,13,14). The molecule has 0 aliphatic carbocycles. The normalized spacial score (nSPS) is 12.3. The summed E-state index contributed by atoms with van der Waals surface area (Å²) in [6.45, 7) is 16.6. The zero-order valence-electron chi connectivity index (χ0n) is 19.9. The lowest BCUT2D eigenvalue weighted by molar-refractivity contribution is -0.117. The van der Waals surface area contributed by atoms with Gasteiger partial charge in [0.05, 0.1) is 6.07 Å². The highest BCUT2D eigenvalue weighted by molar-refractivity contribution is 9.10. The molecule has 0 saturated heterocycles. The fraction of sp³-hybridized carbons (Fsp3) is 0.462. The van der Waals surface area contributed by atoms with E-state index in [-0.39, 0.29) is 16.7 Å². The van der Waals surface area contributed by atoms with Crippen molar-refractivity contribution in [1.82, 2.24) is 0 Å². The van der Waals surface area contributed by atoms with Gasteiger partial charge in [-0.3, -0.25) is 4.79 Å². The molecule has 5 heteroatoms. The van der Waals surface area contributed by atoms with Crippen LogP contribution < -0.4 is 5.32 Å². The number of aryl methyl sites for hydroxylation is 1. The summed E-state index contributed by atoms with van der Waals surface area (Å²) in [6.07, 6.45) is 1.01. The summed E-state index contributed by atoms with van der Waals surface area (Å²) < 4.78 is 0.948. The van der Waals surface area contributed by atoms with Crippen molar-refractivity contribution in [3.05, 3.63) is 57.6 Å². The topological polar surface area (TPSA) is 73.1 Å². The Balaban J connectivity index is 0.000000316. The Morgan fingerprint density at radius 1 is 1.06 bits per heavy atom. The van der Waals surface area contributed by atoms with Crippen LogP contribution in [0.4, 0.5) is 5.69 Å². The van der Waals surface area contributed by atoms with Gasteiger partial charge in [0.1, 0.15) is 11.7 Å². The molecule has 0 aliphatic heterocycles. The second-order valence-electron chi connectivity index (χ2n) is 9.74. The number of nitrogens with one attached hydrogen (secondary N) is 1. The summed E-state index contributed by atoms with van der Waals surface area (Å²) >= 11 is 3.29. The van der Waals surface area contributed by atoms with Crippen molar-refractivity contribution in [3.63, 3.8) is 0 Å². The monoisotopic (exact) mass is 486 g/mol. The number of rotatable bonds is 3. The molecule has 2 aromatic carbocycles. The molecule has 1 amide bonds. The maximum Gasteiger partial charge on any atom is 0.241 e. The highest BCUT2D eigenvalue weighted by Gasteiger charge is 2.26. The number of hydrogen-bond acceptors (Lipinski definition) is 3. The van der Waals surface area contributed by atoms with Crippen LogP contribution in [-0.2, 0) is 22.0 Å². The molecule has 0 spiro atoms. The first-order chi connectivity index (χ1) is 14.2. The van der Waals surface area contributed by atoms with Crippen molar-refractivity contribution in [2.24, 2.45) is 5.92 Å². The number of benzene rings is 2. The summed E-state index contributed by atoms with van der Waals surface area (Å²) in [5.41, 5.74) is 4.08. The highest BCUT2D eigenvalue weighted by atomic mass is 79.9. The molecule has 0 aromatic heterocycles. The summed E-state index contributed by atoms with van der Waals surface area (Å²) in [7, 11) is 0. The number of halogens is 1. The van der Waals surface area contributed by atoms with E-state index in [0.29, 0.717) is 11.4 Å². The van der Waals surface area contributed by atoms with Crippen LogP contribution in [0.2, 0.25) is 0 Å². The van der Waals surface area contributed by atoms with Crippen LogP contribution in [0, 0.1) is 17.2 Å². The van der Waals surface area contributed by atoms with Gasteiger partial charge in [-0.25, -0.2) is 0 Å². The number of carbonyl (C=O) groups is 1. The van der Waals surface area contributed by atoms with Gasteiger partial charge in [-0.1, -0.05) is 76.5 Å². The summed E-state index contributed by atoms with van der Waals surface area (Å²) in [4.78, 5) is 11.3. The molecular weight excluding hydrogens is 452 g/mol. The van der Waals surface area contributed by atoms with Crippen molar-refractivity contribution >= 4 is 27.5 Å². The van der Waals surface area contributed by atoms with E-state index in [1.54, 1.807) is 19.1 Å². The van der Waals surface area contributed by atoms with Gasteiger partial charge >= 0.3 is 0 Å². The molecule has 0 radical (unpaired) electrons. The molecule has 2 N–H and O–H groups in total. The average Bonchev–Trinajstić information content (AvgIpc) is 2.68. The number of nitriles is 1. The molecule has 2 rings (SSSR count). The van der Waals surface area contributed by atoms with Crippen LogP contribution in [0.3, 0.4) is 0 Å². The van der Waals surface area contributed by atoms with Crippen molar-refractivity contribution in [1.29, 1.82) is 5.26 Å². The van der Waals surface area contributed by atoms with Gasteiger partial charge in [-0.2, -0.15) is 5.26 Å². The minimum Gasteiger partial charge on any atom is -0.507 e. The molecule has 1 unspecified atom stereocenters. The largest absolute Gasteiger partial charge is 0.507 e. The van der Waals surface area contributed by atoms with Gasteiger partial charge in [0.2, 0.25) is 5.91 Å². The van der Waals surface area contributed by atoms with Crippen LogP contribution in [0.5, 0.6) is 5.75 Å². The molecular formula is C26H35BrN2O2. The number of phenols is 1. The SMILES string of the molecule is CC(C#N)C(=O)Nc1ccc(Br)cc1.CCc1cc(C(C)(C)C)c(O)c(C(C)(C)C)c1. The lowest BCUT2D eigenvalue weighted by Gasteiger charge is -2.28. The van der Waals surface area contributed by atoms with E-state index in [0.717, 1.165) is 22.0 Å². The third kappa shape index (κ3) is 8.03. The quantitative estimate of drug-likeness (QED) is 0.485. The fourth-order valence-electron chi connectivity index (χ4n) is 2.88. The van der Waals surface area contributed by atoms with Crippen LogP contribution in [0.15, 0.2) is 40.9 Å². The summed E-state index contributed by atoms with van der Waals surface area (Å²) in [5, 5.41) is 21.6. The van der Waals surface area contributed by atoms with E-state index in [1.165, 1.54) is 5.56 Å². The molecule has 31 heavy (non-hydrogen) atoms. The van der Waals surface area contributed by atoms with E-state index in [2.05, 4.69) is 81.8 Å². The summed E-state index contributed by atoms with van der Waals surface area (Å²) in [6, 6.07) is 13.4. The average molecular weight is 487 g/mol. The van der Waals surface area contributed by atoms with E-state index in [4.69, 9.17) is 5.26 Å². The molecule has 0 saturated carbocycles. The minimum atomic E-state index is -0.626. The summed E-state index contributed by atoms with van der Waals surface area (Å²) in [5.74, 6) is -0.435. The van der Waals surface area contributed by atoms with Gasteiger partial charge in [0.25, 0.3) is 0 Å². The second-order valence-corrected chi connectivity index (χ2v) is 10.7. The fourth-order valence-corrected chi connectivity index (χ4v) is 3.15. The molecule has 168 valence electrons. The molecule has 0 aliphatic rings. The zero-order valence-corrected chi connectivity index (χ0v) is 21.5. The molecule has 0 fully saturated rings. The van der Waals surface area contributed by atoms with Crippen LogP contribution in [-0.4, -0.2) is 11.0 Å². The molecule has 0 bridgehead atoms. The Hall–Kier alpha value is -2.32. The van der Waals surface area contributed by atoms with Crippen molar-refractivity contribution in [2.75, 3.05) is 5.32 Å². The number of nitrogens with zero attached hydrogens (tertiary/aromatic N) is 1. The zero-order chi connectivity index (χ0) is 24.0. The van der Waals surface area contributed by atoms with E-state index in [1.807, 2.05) is 18.2 Å². The van der Waals surface area contributed by atoms with Crippen LogP contribution in [0.1, 0.15) is 72.1 Å². The third-order valence-corrected chi connectivity index (χ3v) is 5.42. The molecule has 1 atom stereocenters. The predicted octanol–water partition coefficient (Wildman–Crippen LogP) is 7.10. The Labute approximate surface area is 195 Å². The van der Waals surface area contributed by atoms with Crippen LogP contribution >= 0.6 is 15.9 Å². The molecule has 4 nitrogen and oxygen atoms in total. The van der Waals surface area contributed by atoms with E-state index >= 15 is 0 Å². The number of phenolic OH excluding ortho intramolecular Hbond substituents is 1. The van der Waals surface area contributed by atoms with Gasteiger partial charge < -0.3 is 10.4 Å². The number of amides is 1. The maximum atomic E-state index is 11.3. The van der Waals surface area contributed by atoms with Crippen molar-refractivity contribution in [3.8, 4) is 11.8 Å². The van der Waals surface area contributed by atoms with Crippen molar-refractivity contribution in [2.45, 2.75) is 72.6 Å². The van der Waals surface area contributed by atoms with Gasteiger partial charge in [-0.05, 0) is 65.1 Å². The highest BCUT2D eigenvalue weighted by Crippen LogP contribution is 2.39. The van der Waals surface area contributed by atoms with E-state index in [9.17, 15) is 9.90 Å². The first-order valence-corrected chi connectivity index (χ1v) is 11.3. The van der Waals surface area contributed by atoms with Crippen molar-refractivity contribution < 1.29 is 9.90 Å². The smallest absolute Gasteiger partial charge is 0.241 e. The number of aromatic hydroxyl groups is 1. The molecule has 2 aromatic rings. The number of anilines is 1. The lowest BCUT2D eigenvalue weighted by Crippen LogP contribution is -2.18. The van der Waals surface area contributed by atoms with Crippen LogP contribution in [0.25, 0.3) is 0 Å².